The van der Waals surface area contributed by atoms with E-state index in [-0.39, 0.29) is 5.56 Å². The topological polar surface area (TPSA) is 34.9 Å². The molecule has 0 aliphatic rings. The van der Waals surface area contributed by atoms with Crippen molar-refractivity contribution in [2.24, 2.45) is 0 Å². The van der Waals surface area contributed by atoms with Gasteiger partial charge in [0.15, 0.2) is 5.16 Å². The van der Waals surface area contributed by atoms with Crippen molar-refractivity contribution in [2.75, 3.05) is 0 Å². The van der Waals surface area contributed by atoms with Crippen molar-refractivity contribution in [1.29, 1.82) is 0 Å². The summed E-state index contributed by atoms with van der Waals surface area (Å²) in [5, 5.41) is 2.26. The fourth-order valence-electron chi connectivity index (χ4n) is 2.47. The maximum Gasteiger partial charge on any atom is 0.263 e. The molecule has 0 N–H and O–H groups in total. The van der Waals surface area contributed by atoms with Crippen LogP contribution >= 0.6 is 34.7 Å². The van der Waals surface area contributed by atoms with Gasteiger partial charge in [0.1, 0.15) is 4.83 Å². The Labute approximate surface area is 148 Å². The van der Waals surface area contributed by atoms with E-state index in [1.165, 1.54) is 0 Å². The molecule has 120 valence electrons. The quantitative estimate of drug-likeness (QED) is 0.480. The van der Waals surface area contributed by atoms with Crippen LogP contribution in [0.3, 0.4) is 0 Å². The zero-order chi connectivity index (χ0) is 16.6. The van der Waals surface area contributed by atoms with Gasteiger partial charge < -0.3 is 0 Å². The van der Waals surface area contributed by atoms with Gasteiger partial charge in [0.25, 0.3) is 5.56 Å². The van der Waals surface area contributed by atoms with Crippen LogP contribution < -0.4 is 5.56 Å². The Morgan fingerprint density at radius 2 is 2.13 bits per heavy atom. The summed E-state index contributed by atoms with van der Waals surface area (Å²) in [4.78, 5) is 19.5. The van der Waals surface area contributed by atoms with Crippen LogP contribution in [0.25, 0.3) is 10.2 Å². The Bertz CT molecular complexity index is 930. The Hall–Kier alpha value is -1.30. The van der Waals surface area contributed by atoms with Gasteiger partial charge in [-0.3, -0.25) is 9.36 Å². The normalized spacial score (nSPS) is 11.3. The van der Waals surface area contributed by atoms with E-state index in [0.717, 1.165) is 42.2 Å². The highest BCUT2D eigenvalue weighted by Crippen LogP contribution is 2.29. The van der Waals surface area contributed by atoms with E-state index in [9.17, 15) is 4.79 Å². The van der Waals surface area contributed by atoms with Gasteiger partial charge in [-0.15, -0.1) is 11.3 Å². The summed E-state index contributed by atoms with van der Waals surface area (Å²) < 4.78 is 1.76. The number of thiophene rings is 1. The number of aryl methyl sites for hydroxylation is 2. The van der Waals surface area contributed by atoms with E-state index < -0.39 is 0 Å². The van der Waals surface area contributed by atoms with Crippen LogP contribution in [0.15, 0.2) is 34.2 Å². The van der Waals surface area contributed by atoms with Crippen molar-refractivity contribution >= 4 is 44.9 Å². The molecule has 0 bridgehead atoms. The highest BCUT2D eigenvalue weighted by molar-refractivity contribution is 7.98. The maximum absolute atomic E-state index is 12.8. The maximum atomic E-state index is 12.8. The van der Waals surface area contributed by atoms with Crippen LogP contribution in [0.1, 0.15) is 22.9 Å². The molecule has 0 aliphatic carbocycles. The van der Waals surface area contributed by atoms with E-state index in [1.54, 1.807) is 27.7 Å². The number of rotatable bonds is 4. The van der Waals surface area contributed by atoms with Crippen LogP contribution in [0.5, 0.6) is 0 Å². The molecule has 23 heavy (non-hydrogen) atoms. The molecule has 0 amide bonds. The molecule has 0 aliphatic heterocycles. The minimum Gasteiger partial charge on any atom is -0.287 e. The first-order valence-corrected chi connectivity index (χ1v) is 9.57. The van der Waals surface area contributed by atoms with Gasteiger partial charge in [0.2, 0.25) is 0 Å². The Kier molecular flexibility index (Phi) is 4.80. The Morgan fingerprint density at radius 1 is 1.35 bits per heavy atom. The summed E-state index contributed by atoms with van der Waals surface area (Å²) >= 11 is 9.20. The molecule has 0 unspecified atom stereocenters. The largest absolute Gasteiger partial charge is 0.287 e. The Balaban J connectivity index is 2.01. The van der Waals surface area contributed by atoms with Crippen LogP contribution in [0.2, 0.25) is 5.02 Å². The van der Waals surface area contributed by atoms with E-state index in [4.69, 9.17) is 16.6 Å². The minimum absolute atomic E-state index is 0.0629. The van der Waals surface area contributed by atoms with Gasteiger partial charge in [-0.25, -0.2) is 4.98 Å². The predicted molar refractivity (Wildman–Crippen MR) is 100 cm³/mol. The zero-order valence-electron chi connectivity index (χ0n) is 13.2. The summed E-state index contributed by atoms with van der Waals surface area (Å²) in [6, 6.07) is 7.78. The fraction of sp³-hybridized carbons (Fsp3) is 0.294. The second-order valence-electron chi connectivity index (χ2n) is 5.33. The van der Waals surface area contributed by atoms with Crippen LogP contribution in [-0.2, 0) is 12.3 Å². The van der Waals surface area contributed by atoms with Crippen molar-refractivity contribution in [3.8, 4) is 0 Å². The van der Waals surface area contributed by atoms with E-state index in [2.05, 4.69) is 0 Å². The number of aromatic nitrogens is 2. The highest BCUT2D eigenvalue weighted by Gasteiger charge is 2.16. The van der Waals surface area contributed by atoms with Gasteiger partial charge in [-0.05, 0) is 44.0 Å². The SMILES string of the molecule is CCn1c(SCc2cccc(Cl)c2)nc2sc(C)c(C)c2c1=O. The zero-order valence-corrected chi connectivity index (χ0v) is 15.6. The van der Waals surface area contributed by atoms with E-state index >= 15 is 0 Å². The summed E-state index contributed by atoms with van der Waals surface area (Å²) in [6.45, 7) is 6.63. The minimum atomic E-state index is 0.0629. The molecular weight excluding hydrogens is 348 g/mol. The van der Waals surface area contributed by atoms with Crippen molar-refractivity contribution in [3.05, 3.63) is 55.6 Å². The molecule has 2 heterocycles. The van der Waals surface area contributed by atoms with Crippen molar-refractivity contribution in [2.45, 2.75) is 38.2 Å². The molecule has 3 nitrogen and oxygen atoms in total. The lowest BCUT2D eigenvalue weighted by molar-refractivity contribution is 0.635. The number of hydrogen-bond acceptors (Lipinski definition) is 4. The third-order valence-electron chi connectivity index (χ3n) is 3.83. The third kappa shape index (κ3) is 3.18. The van der Waals surface area contributed by atoms with Crippen LogP contribution in [0, 0.1) is 13.8 Å². The molecule has 0 saturated heterocycles. The number of nitrogens with zero attached hydrogens (tertiary/aromatic N) is 2. The predicted octanol–water partition coefficient (Wildman–Crippen LogP) is 5.04. The number of fused-ring (bicyclic) bond motifs is 1. The van der Waals surface area contributed by atoms with Crippen molar-refractivity contribution < 1.29 is 0 Å². The Morgan fingerprint density at radius 3 is 2.83 bits per heavy atom. The highest BCUT2D eigenvalue weighted by atomic mass is 35.5. The molecular formula is C17H17ClN2OS2. The smallest absolute Gasteiger partial charge is 0.263 e. The lowest BCUT2D eigenvalue weighted by atomic mass is 10.2. The number of benzene rings is 1. The molecule has 0 spiro atoms. The molecule has 0 saturated carbocycles. The van der Waals surface area contributed by atoms with Gasteiger partial charge in [-0.2, -0.15) is 0 Å². The second-order valence-corrected chi connectivity index (χ2v) is 7.91. The van der Waals surface area contributed by atoms with Crippen LogP contribution in [-0.4, -0.2) is 9.55 Å². The summed E-state index contributed by atoms with van der Waals surface area (Å²) in [6.07, 6.45) is 0. The standard InChI is InChI=1S/C17H17ClN2OS2/c1-4-20-16(21)14-10(2)11(3)23-15(14)19-17(20)22-9-12-6-5-7-13(18)8-12/h5-8H,4,9H2,1-3H3. The number of hydrogen-bond donors (Lipinski definition) is 0. The summed E-state index contributed by atoms with van der Waals surface area (Å²) in [5.74, 6) is 0.738. The first kappa shape index (κ1) is 16.6. The third-order valence-corrected chi connectivity index (χ3v) is 6.21. The van der Waals surface area contributed by atoms with Crippen molar-refractivity contribution in [3.63, 3.8) is 0 Å². The van der Waals surface area contributed by atoms with Gasteiger partial charge >= 0.3 is 0 Å². The lowest BCUT2D eigenvalue weighted by Crippen LogP contribution is -2.22. The molecule has 3 rings (SSSR count). The van der Waals surface area contributed by atoms with Gasteiger partial charge in [-0.1, -0.05) is 35.5 Å². The summed E-state index contributed by atoms with van der Waals surface area (Å²) in [7, 11) is 0. The van der Waals surface area contributed by atoms with E-state index in [0.29, 0.717) is 6.54 Å². The molecule has 3 aromatic rings. The molecule has 0 fully saturated rings. The molecule has 6 heteroatoms. The van der Waals surface area contributed by atoms with Gasteiger partial charge in [0.05, 0.1) is 5.39 Å². The average Bonchev–Trinajstić information content (AvgIpc) is 2.80. The first-order valence-electron chi connectivity index (χ1n) is 7.39. The summed E-state index contributed by atoms with van der Waals surface area (Å²) in [5.41, 5.74) is 2.24. The number of thioether (sulfide) groups is 1. The lowest BCUT2D eigenvalue weighted by Gasteiger charge is -2.10. The van der Waals surface area contributed by atoms with Crippen LogP contribution in [0.4, 0.5) is 0 Å². The number of halogens is 1. The molecule has 2 aromatic heterocycles. The van der Waals surface area contributed by atoms with E-state index in [1.807, 2.05) is 45.0 Å². The molecule has 1 aromatic carbocycles. The molecule has 0 atom stereocenters. The first-order chi connectivity index (χ1) is 11.0. The second kappa shape index (κ2) is 6.67. The van der Waals surface area contributed by atoms with Crippen molar-refractivity contribution in [1.82, 2.24) is 9.55 Å². The van der Waals surface area contributed by atoms with Gasteiger partial charge in [0, 0.05) is 22.2 Å². The monoisotopic (exact) mass is 364 g/mol. The fourth-order valence-corrected chi connectivity index (χ4v) is 4.76. The molecule has 0 radical (unpaired) electrons. The average molecular weight is 365 g/mol.